The number of Topliss-reactive ketones (excluding diaryl/α,β-unsaturated/α-hetero) is 1. The van der Waals surface area contributed by atoms with E-state index >= 15 is 0 Å². The van der Waals surface area contributed by atoms with Gasteiger partial charge in [0, 0.05) is 12.3 Å². The van der Waals surface area contributed by atoms with Crippen molar-refractivity contribution < 1.29 is 4.79 Å². The number of hydrogen-bond donors (Lipinski definition) is 0. The first-order valence-electron chi connectivity index (χ1n) is 9.16. The average Bonchev–Trinajstić information content (AvgIpc) is 2.40. The minimum Gasteiger partial charge on any atom is -0.299 e. The van der Waals surface area contributed by atoms with Crippen molar-refractivity contribution in [1.29, 1.82) is 0 Å². The molecule has 0 heterocycles. The molecule has 0 bridgehead atoms. The molecule has 2 atom stereocenters. The standard InChI is InChI=1S/C19H36O/c1-4-5-6-7-8-11-17(14-16(2)3)15-18-12-9-10-13-19(18)20/h16-18H,4-15H2,1-3H3. The lowest BCUT2D eigenvalue weighted by Crippen LogP contribution is -2.22. The topological polar surface area (TPSA) is 17.1 Å². The minimum atomic E-state index is 0.406. The summed E-state index contributed by atoms with van der Waals surface area (Å²) in [4.78, 5) is 12.0. The van der Waals surface area contributed by atoms with Crippen molar-refractivity contribution in [3.63, 3.8) is 0 Å². The van der Waals surface area contributed by atoms with Gasteiger partial charge in [-0.05, 0) is 37.5 Å². The molecule has 0 aromatic rings. The van der Waals surface area contributed by atoms with Gasteiger partial charge in [-0.1, -0.05) is 65.7 Å². The summed E-state index contributed by atoms with van der Waals surface area (Å²) in [6, 6.07) is 0. The third kappa shape index (κ3) is 7.45. The van der Waals surface area contributed by atoms with E-state index in [1.807, 2.05) is 0 Å². The van der Waals surface area contributed by atoms with Crippen molar-refractivity contribution in [3.05, 3.63) is 0 Å². The van der Waals surface area contributed by atoms with Crippen LogP contribution < -0.4 is 0 Å². The van der Waals surface area contributed by atoms with Crippen molar-refractivity contribution in [2.75, 3.05) is 0 Å². The summed E-state index contributed by atoms with van der Waals surface area (Å²) < 4.78 is 0. The van der Waals surface area contributed by atoms with Crippen LogP contribution in [0.25, 0.3) is 0 Å². The van der Waals surface area contributed by atoms with Crippen LogP contribution in [-0.4, -0.2) is 5.78 Å². The number of ketones is 1. The van der Waals surface area contributed by atoms with Gasteiger partial charge in [-0.25, -0.2) is 0 Å². The van der Waals surface area contributed by atoms with E-state index in [0.29, 0.717) is 11.7 Å². The third-order valence-electron chi connectivity index (χ3n) is 4.82. The van der Waals surface area contributed by atoms with Gasteiger partial charge in [0.15, 0.2) is 0 Å². The highest BCUT2D eigenvalue weighted by molar-refractivity contribution is 5.81. The summed E-state index contributed by atoms with van der Waals surface area (Å²) in [5, 5.41) is 0. The first-order chi connectivity index (χ1) is 9.63. The first kappa shape index (κ1) is 17.7. The zero-order chi connectivity index (χ0) is 14.8. The van der Waals surface area contributed by atoms with Crippen LogP contribution in [0, 0.1) is 17.8 Å². The van der Waals surface area contributed by atoms with Gasteiger partial charge in [-0.3, -0.25) is 4.79 Å². The summed E-state index contributed by atoms with van der Waals surface area (Å²) in [5.74, 6) is 2.54. The number of unbranched alkanes of at least 4 members (excludes halogenated alkanes) is 4. The fourth-order valence-electron chi connectivity index (χ4n) is 3.74. The molecular weight excluding hydrogens is 244 g/mol. The smallest absolute Gasteiger partial charge is 0.135 e. The second kappa shape index (κ2) is 10.4. The normalized spacial score (nSPS) is 21.4. The summed E-state index contributed by atoms with van der Waals surface area (Å²) >= 11 is 0. The summed E-state index contributed by atoms with van der Waals surface area (Å²) in [6.07, 6.45) is 15.2. The molecule has 1 saturated carbocycles. The van der Waals surface area contributed by atoms with E-state index in [2.05, 4.69) is 20.8 Å². The molecule has 1 aliphatic carbocycles. The minimum absolute atomic E-state index is 0.406. The van der Waals surface area contributed by atoms with Gasteiger partial charge < -0.3 is 0 Å². The number of carbonyl (C=O) groups excluding carboxylic acids is 1. The van der Waals surface area contributed by atoms with Crippen LogP contribution in [0.3, 0.4) is 0 Å². The highest BCUT2D eigenvalue weighted by Crippen LogP contribution is 2.31. The van der Waals surface area contributed by atoms with Crippen LogP contribution in [0.4, 0.5) is 0 Å². The Hall–Kier alpha value is -0.330. The molecule has 0 aliphatic heterocycles. The van der Waals surface area contributed by atoms with Gasteiger partial charge in [0.05, 0.1) is 0 Å². The van der Waals surface area contributed by atoms with Gasteiger partial charge >= 0.3 is 0 Å². The van der Waals surface area contributed by atoms with E-state index in [1.54, 1.807) is 0 Å². The monoisotopic (exact) mass is 280 g/mol. The predicted molar refractivity (Wildman–Crippen MR) is 87.9 cm³/mol. The van der Waals surface area contributed by atoms with E-state index in [1.165, 1.54) is 64.2 Å². The molecule has 0 N–H and O–H groups in total. The maximum atomic E-state index is 12.0. The largest absolute Gasteiger partial charge is 0.299 e. The summed E-state index contributed by atoms with van der Waals surface area (Å²) in [6.45, 7) is 6.93. The molecular formula is C19H36O. The van der Waals surface area contributed by atoms with E-state index < -0.39 is 0 Å². The molecule has 0 spiro atoms. The lowest BCUT2D eigenvalue weighted by Gasteiger charge is -2.26. The molecule has 1 rings (SSSR count). The van der Waals surface area contributed by atoms with Crippen molar-refractivity contribution in [3.8, 4) is 0 Å². The van der Waals surface area contributed by atoms with Crippen molar-refractivity contribution in [2.45, 2.75) is 97.8 Å². The Morgan fingerprint density at radius 1 is 1.10 bits per heavy atom. The molecule has 1 nitrogen and oxygen atoms in total. The van der Waals surface area contributed by atoms with Crippen LogP contribution >= 0.6 is 0 Å². The van der Waals surface area contributed by atoms with Crippen LogP contribution in [0.1, 0.15) is 97.8 Å². The molecule has 1 heteroatoms. The maximum Gasteiger partial charge on any atom is 0.135 e. The Balaban J connectivity index is 2.32. The Kier molecular flexibility index (Phi) is 9.22. The van der Waals surface area contributed by atoms with E-state index in [0.717, 1.165) is 24.7 Å². The first-order valence-corrected chi connectivity index (χ1v) is 9.16. The fraction of sp³-hybridized carbons (Fsp3) is 0.947. The molecule has 0 amide bonds. The van der Waals surface area contributed by atoms with E-state index in [4.69, 9.17) is 0 Å². The molecule has 0 aromatic carbocycles. The van der Waals surface area contributed by atoms with Crippen molar-refractivity contribution >= 4 is 5.78 Å². The van der Waals surface area contributed by atoms with Gasteiger partial charge in [0.2, 0.25) is 0 Å². The Morgan fingerprint density at radius 2 is 1.85 bits per heavy atom. The second-order valence-electron chi connectivity index (χ2n) is 7.34. The zero-order valence-electron chi connectivity index (χ0n) is 14.1. The van der Waals surface area contributed by atoms with Crippen LogP contribution in [0.2, 0.25) is 0 Å². The molecule has 1 aliphatic rings. The Bertz CT molecular complexity index is 256. The Labute approximate surface area is 126 Å². The number of carbonyl (C=O) groups is 1. The quantitative estimate of drug-likeness (QED) is 0.438. The van der Waals surface area contributed by atoms with Crippen molar-refractivity contribution in [1.82, 2.24) is 0 Å². The lowest BCUT2D eigenvalue weighted by atomic mass is 9.78. The average molecular weight is 280 g/mol. The number of rotatable bonds is 10. The zero-order valence-corrected chi connectivity index (χ0v) is 14.1. The maximum absolute atomic E-state index is 12.0. The number of hydrogen-bond acceptors (Lipinski definition) is 1. The third-order valence-corrected chi connectivity index (χ3v) is 4.82. The lowest BCUT2D eigenvalue weighted by molar-refractivity contribution is -0.125. The molecule has 0 saturated heterocycles. The van der Waals surface area contributed by atoms with Crippen LogP contribution in [0.5, 0.6) is 0 Å². The second-order valence-corrected chi connectivity index (χ2v) is 7.34. The van der Waals surface area contributed by atoms with Crippen LogP contribution in [0.15, 0.2) is 0 Å². The van der Waals surface area contributed by atoms with Crippen molar-refractivity contribution in [2.24, 2.45) is 17.8 Å². The van der Waals surface area contributed by atoms with Gasteiger partial charge in [0.1, 0.15) is 5.78 Å². The van der Waals surface area contributed by atoms with E-state index in [9.17, 15) is 4.79 Å². The predicted octanol–water partition coefficient (Wildman–Crippen LogP) is 6.16. The van der Waals surface area contributed by atoms with Gasteiger partial charge in [0.25, 0.3) is 0 Å². The SMILES string of the molecule is CCCCCCCC(CC(C)C)CC1CCCCC1=O. The summed E-state index contributed by atoms with van der Waals surface area (Å²) in [5.41, 5.74) is 0. The highest BCUT2D eigenvalue weighted by atomic mass is 16.1. The van der Waals surface area contributed by atoms with Gasteiger partial charge in [-0.2, -0.15) is 0 Å². The highest BCUT2D eigenvalue weighted by Gasteiger charge is 2.25. The molecule has 0 aromatic heterocycles. The fourth-order valence-corrected chi connectivity index (χ4v) is 3.74. The molecule has 0 radical (unpaired) electrons. The summed E-state index contributed by atoms with van der Waals surface area (Å²) in [7, 11) is 0. The van der Waals surface area contributed by atoms with Crippen LogP contribution in [-0.2, 0) is 4.79 Å². The van der Waals surface area contributed by atoms with E-state index in [-0.39, 0.29) is 0 Å². The molecule has 20 heavy (non-hydrogen) atoms. The molecule has 2 unspecified atom stereocenters. The van der Waals surface area contributed by atoms with Gasteiger partial charge in [-0.15, -0.1) is 0 Å². The Morgan fingerprint density at radius 3 is 2.50 bits per heavy atom. The molecule has 118 valence electrons. The molecule has 1 fully saturated rings.